The molecule has 11 nitrogen and oxygen atoms in total. The van der Waals surface area contributed by atoms with Crippen LogP contribution in [0.5, 0.6) is 5.75 Å². The highest BCUT2D eigenvalue weighted by Crippen LogP contribution is 2.28. The Labute approximate surface area is 220 Å². The number of rotatable bonds is 10. The lowest BCUT2D eigenvalue weighted by Gasteiger charge is -2.11. The SMILES string of the molecule is CCOc1ccc(-n2c(SCC(=O)N/N=C\c3ccc(Cl)c([N+](=O)[O-])c3)nnc2-c2cccnc2)cc1. The average molecular weight is 538 g/mol. The predicted molar refractivity (Wildman–Crippen MR) is 140 cm³/mol. The molecule has 0 saturated heterocycles. The minimum Gasteiger partial charge on any atom is -0.494 e. The summed E-state index contributed by atoms with van der Waals surface area (Å²) in [6, 6.07) is 15.4. The Morgan fingerprint density at radius 3 is 2.76 bits per heavy atom. The van der Waals surface area contributed by atoms with Gasteiger partial charge in [0.2, 0.25) is 0 Å². The van der Waals surface area contributed by atoms with E-state index in [1.54, 1.807) is 24.5 Å². The van der Waals surface area contributed by atoms with Crippen LogP contribution in [0, 0.1) is 10.1 Å². The molecule has 1 amide bonds. The number of aromatic nitrogens is 4. The zero-order valence-electron chi connectivity index (χ0n) is 19.4. The van der Waals surface area contributed by atoms with Crippen LogP contribution in [0.25, 0.3) is 17.1 Å². The van der Waals surface area contributed by atoms with E-state index in [0.29, 0.717) is 23.2 Å². The van der Waals surface area contributed by atoms with Crippen molar-refractivity contribution in [1.82, 2.24) is 25.2 Å². The Morgan fingerprint density at radius 1 is 1.24 bits per heavy atom. The lowest BCUT2D eigenvalue weighted by atomic mass is 10.2. The molecule has 0 bridgehead atoms. The molecule has 0 saturated carbocycles. The number of carbonyl (C=O) groups excluding carboxylic acids is 1. The van der Waals surface area contributed by atoms with Gasteiger partial charge < -0.3 is 4.74 Å². The number of amides is 1. The van der Waals surface area contributed by atoms with Gasteiger partial charge in [0.05, 0.1) is 23.5 Å². The molecule has 0 aliphatic rings. The van der Waals surface area contributed by atoms with Gasteiger partial charge in [0.25, 0.3) is 11.6 Å². The van der Waals surface area contributed by atoms with Crippen molar-refractivity contribution in [2.75, 3.05) is 12.4 Å². The minimum atomic E-state index is -0.588. The van der Waals surface area contributed by atoms with E-state index in [2.05, 4.69) is 25.7 Å². The molecule has 2 aromatic heterocycles. The number of ether oxygens (including phenoxy) is 1. The van der Waals surface area contributed by atoms with Crippen LogP contribution >= 0.6 is 23.4 Å². The molecule has 37 heavy (non-hydrogen) atoms. The van der Waals surface area contributed by atoms with Gasteiger partial charge in [0, 0.05) is 35.3 Å². The van der Waals surface area contributed by atoms with Crippen LogP contribution in [0.15, 0.2) is 77.2 Å². The van der Waals surface area contributed by atoms with E-state index >= 15 is 0 Å². The van der Waals surface area contributed by atoms with E-state index in [4.69, 9.17) is 16.3 Å². The van der Waals surface area contributed by atoms with E-state index in [0.717, 1.165) is 17.0 Å². The predicted octanol–water partition coefficient (Wildman–Crippen LogP) is 4.53. The second-order valence-corrected chi connectivity index (χ2v) is 8.71. The Bertz CT molecular complexity index is 1430. The number of nitrogens with one attached hydrogen (secondary N) is 1. The first-order valence-electron chi connectivity index (χ1n) is 10.9. The fourth-order valence-corrected chi connectivity index (χ4v) is 4.16. The van der Waals surface area contributed by atoms with Crippen LogP contribution in [0.1, 0.15) is 12.5 Å². The summed E-state index contributed by atoms with van der Waals surface area (Å²) in [5.74, 6) is 0.913. The lowest BCUT2D eigenvalue weighted by Crippen LogP contribution is -2.20. The molecule has 0 atom stereocenters. The lowest BCUT2D eigenvalue weighted by molar-refractivity contribution is -0.384. The molecule has 4 rings (SSSR count). The van der Waals surface area contributed by atoms with Crippen LogP contribution in [0.2, 0.25) is 5.02 Å². The van der Waals surface area contributed by atoms with Gasteiger partial charge in [-0.3, -0.25) is 24.5 Å². The van der Waals surface area contributed by atoms with Crippen molar-refractivity contribution in [3.8, 4) is 22.8 Å². The molecule has 1 N–H and O–H groups in total. The maximum absolute atomic E-state index is 12.4. The Kier molecular flexibility index (Phi) is 8.44. The number of hydrogen-bond acceptors (Lipinski definition) is 9. The van der Waals surface area contributed by atoms with Crippen LogP contribution in [0.3, 0.4) is 0 Å². The van der Waals surface area contributed by atoms with Gasteiger partial charge in [-0.05, 0) is 49.4 Å². The molecule has 0 unspecified atom stereocenters. The number of nitro benzene ring substituents is 1. The maximum atomic E-state index is 12.4. The highest BCUT2D eigenvalue weighted by atomic mass is 35.5. The van der Waals surface area contributed by atoms with Gasteiger partial charge in [0.15, 0.2) is 11.0 Å². The molecule has 2 heterocycles. The number of nitrogens with zero attached hydrogens (tertiary/aromatic N) is 6. The van der Waals surface area contributed by atoms with Crippen LogP contribution in [-0.2, 0) is 4.79 Å². The first kappa shape index (κ1) is 25.8. The number of hydrazone groups is 1. The molecular weight excluding hydrogens is 518 g/mol. The summed E-state index contributed by atoms with van der Waals surface area (Å²) in [6.45, 7) is 2.47. The average Bonchev–Trinajstić information content (AvgIpc) is 3.33. The van der Waals surface area contributed by atoms with Crippen molar-refractivity contribution >= 4 is 41.2 Å². The van der Waals surface area contributed by atoms with Crippen molar-refractivity contribution in [3.63, 3.8) is 0 Å². The van der Waals surface area contributed by atoms with Crippen LogP contribution in [0.4, 0.5) is 5.69 Å². The Balaban J connectivity index is 1.49. The van der Waals surface area contributed by atoms with E-state index in [1.165, 1.54) is 30.1 Å². The summed E-state index contributed by atoms with van der Waals surface area (Å²) in [5, 5.41) is 24.0. The molecule has 13 heteroatoms. The summed E-state index contributed by atoms with van der Waals surface area (Å²) in [7, 11) is 0. The van der Waals surface area contributed by atoms with Gasteiger partial charge in [-0.25, -0.2) is 5.43 Å². The third kappa shape index (κ3) is 6.48. The number of carbonyl (C=O) groups is 1. The van der Waals surface area contributed by atoms with Gasteiger partial charge in [-0.15, -0.1) is 10.2 Å². The molecule has 188 valence electrons. The molecule has 0 radical (unpaired) electrons. The third-order valence-electron chi connectivity index (χ3n) is 4.86. The number of halogens is 1. The smallest absolute Gasteiger partial charge is 0.288 e. The van der Waals surface area contributed by atoms with Gasteiger partial charge in [-0.1, -0.05) is 29.4 Å². The van der Waals surface area contributed by atoms with E-state index in [1.807, 2.05) is 41.8 Å². The largest absolute Gasteiger partial charge is 0.494 e. The zero-order valence-corrected chi connectivity index (χ0v) is 21.0. The van der Waals surface area contributed by atoms with Gasteiger partial charge in [0.1, 0.15) is 10.8 Å². The van der Waals surface area contributed by atoms with Crippen LogP contribution in [-0.4, -0.2) is 49.2 Å². The van der Waals surface area contributed by atoms with Crippen molar-refractivity contribution in [2.24, 2.45) is 5.10 Å². The highest BCUT2D eigenvalue weighted by molar-refractivity contribution is 7.99. The molecule has 0 aliphatic carbocycles. The van der Waals surface area contributed by atoms with Crippen molar-refractivity contribution in [1.29, 1.82) is 0 Å². The quantitative estimate of drug-likeness (QED) is 0.135. The first-order valence-corrected chi connectivity index (χ1v) is 12.3. The second kappa shape index (κ2) is 12.1. The topological polar surface area (TPSA) is 137 Å². The minimum absolute atomic E-state index is 0.000306. The number of thioether (sulfide) groups is 1. The molecule has 0 spiro atoms. The molecule has 0 aliphatic heterocycles. The summed E-state index contributed by atoms with van der Waals surface area (Å²) in [6.07, 6.45) is 4.66. The number of hydrogen-bond donors (Lipinski definition) is 1. The fourth-order valence-electron chi connectivity index (χ4n) is 3.23. The Hall–Kier alpha value is -4.29. The Morgan fingerprint density at radius 2 is 2.05 bits per heavy atom. The molecule has 2 aromatic carbocycles. The standard InChI is InChI=1S/C24H20ClN7O4S/c1-2-36-19-8-6-18(7-9-19)31-23(17-4-3-11-26-14-17)29-30-24(31)37-15-22(33)28-27-13-16-5-10-20(25)21(12-16)32(34)35/h3-14H,2,15H2,1H3,(H,28,33)/b27-13-. The summed E-state index contributed by atoms with van der Waals surface area (Å²) in [4.78, 5) is 27.0. The highest BCUT2D eigenvalue weighted by Gasteiger charge is 2.18. The summed E-state index contributed by atoms with van der Waals surface area (Å²) in [5.41, 5.74) is 4.13. The van der Waals surface area contributed by atoms with Gasteiger partial charge >= 0.3 is 0 Å². The molecule has 4 aromatic rings. The fraction of sp³-hybridized carbons (Fsp3) is 0.125. The van der Waals surface area contributed by atoms with E-state index in [-0.39, 0.29) is 16.5 Å². The third-order valence-corrected chi connectivity index (χ3v) is 6.11. The van der Waals surface area contributed by atoms with Crippen molar-refractivity contribution in [3.05, 3.63) is 87.7 Å². The van der Waals surface area contributed by atoms with Crippen LogP contribution < -0.4 is 10.2 Å². The van der Waals surface area contributed by atoms with Crippen molar-refractivity contribution < 1.29 is 14.5 Å². The maximum Gasteiger partial charge on any atom is 0.288 e. The molecular formula is C24H20ClN7O4S. The zero-order chi connectivity index (χ0) is 26.2. The molecule has 0 fully saturated rings. The van der Waals surface area contributed by atoms with E-state index < -0.39 is 10.8 Å². The normalized spacial score (nSPS) is 11.0. The second-order valence-electron chi connectivity index (χ2n) is 7.36. The van der Waals surface area contributed by atoms with Gasteiger partial charge in [-0.2, -0.15) is 5.10 Å². The number of pyridine rings is 1. The number of benzene rings is 2. The summed E-state index contributed by atoms with van der Waals surface area (Å²) < 4.78 is 7.37. The number of nitro groups is 1. The van der Waals surface area contributed by atoms with E-state index in [9.17, 15) is 14.9 Å². The monoisotopic (exact) mass is 537 g/mol. The first-order chi connectivity index (χ1) is 18.0. The summed E-state index contributed by atoms with van der Waals surface area (Å²) >= 11 is 6.99. The van der Waals surface area contributed by atoms with Crippen molar-refractivity contribution in [2.45, 2.75) is 12.1 Å².